The predicted octanol–water partition coefficient (Wildman–Crippen LogP) is 4.02. The van der Waals surface area contributed by atoms with Crippen LogP contribution >= 0.6 is 37.2 Å². The topological polar surface area (TPSA) is 93.4 Å². The van der Waals surface area contributed by atoms with E-state index in [9.17, 15) is 4.79 Å². The zero-order valence-electron chi connectivity index (χ0n) is 17.8. The van der Waals surface area contributed by atoms with Crippen LogP contribution in [0.1, 0.15) is 18.9 Å². The summed E-state index contributed by atoms with van der Waals surface area (Å²) in [6.07, 6.45) is 5.46. The summed E-state index contributed by atoms with van der Waals surface area (Å²) in [5, 5.41) is 11.6. The molecule has 1 fully saturated rings. The SMILES string of the molecule is Cl.Cl.Cl.Cn1c(=O)n(C2CCNCC2)c2c3nc(-c4cccc5[nH]ncc45)ccc3ncc21. The Hall–Kier alpha value is -2.65. The number of hydrogen-bond acceptors (Lipinski definition) is 5. The maximum absolute atomic E-state index is 13.2. The lowest BCUT2D eigenvalue weighted by molar-refractivity contribution is 0.366. The van der Waals surface area contributed by atoms with Gasteiger partial charge in [-0.2, -0.15) is 5.10 Å². The first kappa shape index (κ1) is 25.0. The summed E-state index contributed by atoms with van der Waals surface area (Å²) in [6.45, 7) is 1.83. The number of halogens is 3. The highest BCUT2D eigenvalue weighted by Gasteiger charge is 2.24. The molecule has 0 spiro atoms. The van der Waals surface area contributed by atoms with Gasteiger partial charge in [0.2, 0.25) is 0 Å². The van der Waals surface area contributed by atoms with Crippen molar-refractivity contribution in [1.82, 2.24) is 34.6 Å². The van der Waals surface area contributed by atoms with E-state index in [2.05, 4.69) is 20.5 Å². The first-order valence-corrected chi connectivity index (χ1v) is 10.2. The monoisotopic (exact) mass is 507 g/mol. The van der Waals surface area contributed by atoms with Gasteiger partial charge in [-0.3, -0.25) is 19.2 Å². The van der Waals surface area contributed by atoms with E-state index in [4.69, 9.17) is 4.98 Å². The quantitative estimate of drug-likeness (QED) is 0.376. The molecule has 0 atom stereocenters. The Balaban J connectivity index is 0.00000102. The average Bonchev–Trinajstić information content (AvgIpc) is 3.37. The summed E-state index contributed by atoms with van der Waals surface area (Å²) in [7, 11) is 1.81. The van der Waals surface area contributed by atoms with Gasteiger partial charge in [0.1, 0.15) is 5.52 Å². The number of pyridine rings is 2. The van der Waals surface area contributed by atoms with Crippen molar-refractivity contribution in [3.05, 3.63) is 53.2 Å². The van der Waals surface area contributed by atoms with Crippen molar-refractivity contribution >= 4 is 70.2 Å². The zero-order chi connectivity index (χ0) is 20.2. The Morgan fingerprint density at radius 3 is 2.61 bits per heavy atom. The summed E-state index contributed by atoms with van der Waals surface area (Å²) in [4.78, 5) is 22.8. The summed E-state index contributed by atoms with van der Waals surface area (Å²) in [5.41, 5.74) is 6.06. The van der Waals surface area contributed by atoms with Crippen LogP contribution in [0.25, 0.3) is 44.2 Å². The van der Waals surface area contributed by atoms with E-state index in [-0.39, 0.29) is 49.0 Å². The van der Waals surface area contributed by atoms with E-state index in [1.54, 1.807) is 10.8 Å². The number of fused-ring (bicyclic) bond motifs is 4. The van der Waals surface area contributed by atoms with Crippen molar-refractivity contribution in [2.45, 2.75) is 18.9 Å². The molecule has 5 aromatic rings. The number of imidazole rings is 1. The second kappa shape index (κ2) is 9.69. The molecule has 0 amide bonds. The average molecular weight is 509 g/mol. The predicted molar refractivity (Wildman–Crippen MR) is 138 cm³/mol. The Morgan fingerprint density at radius 2 is 1.82 bits per heavy atom. The van der Waals surface area contributed by atoms with Crippen LogP contribution in [-0.4, -0.2) is 42.4 Å². The van der Waals surface area contributed by atoms with Crippen LogP contribution in [0.5, 0.6) is 0 Å². The van der Waals surface area contributed by atoms with Crippen molar-refractivity contribution in [1.29, 1.82) is 0 Å². The normalized spacial score (nSPS) is 14.1. The molecule has 0 bridgehead atoms. The summed E-state index contributed by atoms with van der Waals surface area (Å²) >= 11 is 0. The van der Waals surface area contributed by atoms with Gasteiger partial charge in [-0.1, -0.05) is 12.1 Å². The van der Waals surface area contributed by atoms with Gasteiger partial charge in [0.05, 0.1) is 40.2 Å². The first-order chi connectivity index (χ1) is 14.7. The van der Waals surface area contributed by atoms with Crippen LogP contribution < -0.4 is 11.0 Å². The van der Waals surface area contributed by atoms with Gasteiger partial charge >= 0.3 is 5.69 Å². The molecule has 0 saturated carbocycles. The van der Waals surface area contributed by atoms with E-state index in [0.29, 0.717) is 0 Å². The molecule has 2 N–H and O–H groups in total. The lowest BCUT2D eigenvalue weighted by Gasteiger charge is -2.24. The highest BCUT2D eigenvalue weighted by atomic mass is 35.5. The Labute approximate surface area is 208 Å². The highest BCUT2D eigenvalue weighted by Crippen LogP contribution is 2.31. The third kappa shape index (κ3) is 3.87. The first-order valence-electron chi connectivity index (χ1n) is 10.2. The molecule has 0 aliphatic carbocycles. The maximum Gasteiger partial charge on any atom is 0.329 e. The fourth-order valence-electron chi connectivity index (χ4n) is 4.63. The molecular weight excluding hydrogens is 485 g/mol. The molecule has 1 aliphatic heterocycles. The Kier molecular flexibility index (Phi) is 7.33. The second-order valence-corrected chi connectivity index (χ2v) is 7.89. The molecule has 8 nitrogen and oxygen atoms in total. The number of hydrogen-bond donors (Lipinski definition) is 2. The van der Waals surface area contributed by atoms with E-state index in [1.807, 2.05) is 48.1 Å². The van der Waals surface area contributed by atoms with Gasteiger partial charge in [0, 0.05) is 24.0 Å². The van der Waals surface area contributed by atoms with Gasteiger partial charge < -0.3 is 5.32 Å². The van der Waals surface area contributed by atoms with E-state index in [0.717, 1.165) is 70.2 Å². The minimum absolute atomic E-state index is 0. The van der Waals surface area contributed by atoms with E-state index < -0.39 is 0 Å². The van der Waals surface area contributed by atoms with Crippen LogP contribution in [-0.2, 0) is 7.05 Å². The third-order valence-corrected chi connectivity index (χ3v) is 6.20. The lowest BCUT2D eigenvalue weighted by atomic mass is 10.1. The van der Waals surface area contributed by atoms with Crippen molar-refractivity contribution in [2.24, 2.45) is 7.05 Å². The highest BCUT2D eigenvalue weighted by molar-refractivity contribution is 6.02. The summed E-state index contributed by atoms with van der Waals surface area (Å²) < 4.78 is 3.63. The van der Waals surface area contributed by atoms with Crippen molar-refractivity contribution < 1.29 is 0 Å². The summed E-state index contributed by atoms with van der Waals surface area (Å²) in [5.74, 6) is 0. The van der Waals surface area contributed by atoms with Gasteiger partial charge in [0.25, 0.3) is 0 Å². The zero-order valence-corrected chi connectivity index (χ0v) is 20.3. The molecule has 1 saturated heterocycles. The van der Waals surface area contributed by atoms with Crippen molar-refractivity contribution in [2.75, 3.05) is 13.1 Å². The summed E-state index contributed by atoms with van der Waals surface area (Å²) in [6, 6.07) is 10.2. The molecule has 11 heteroatoms. The molecule has 1 aliphatic rings. The van der Waals surface area contributed by atoms with Crippen LogP contribution in [0.2, 0.25) is 0 Å². The molecule has 0 radical (unpaired) electrons. The Morgan fingerprint density at radius 1 is 1.03 bits per heavy atom. The van der Waals surface area contributed by atoms with E-state index >= 15 is 0 Å². The van der Waals surface area contributed by atoms with Gasteiger partial charge in [-0.05, 0) is 44.1 Å². The largest absolute Gasteiger partial charge is 0.329 e. The molecule has 6 rings (SSSR count). The lowest BCUT2D eigenvalue weighted by Crippen LogP contribution is -2.34. The van der Waals surface area contributed by atoms with Crippen molar-refractivity contribution in [3.8, 4) is 11.3 Å². The molecular formula is C22H24Cl3N7O. The third-order valence-electron chi connectivity index (χ3n) is 6.20. The van der Waals surface area contributed by atoms with Crippen LogP contribution in [0.4, 0.5) is 0 Å². The minimum Gasteiger partial charge on any atom is -0.317 e. The number of aromatic nitrogens is 6. The number of H-pyrrole nitrogens is 1. The standard InChI is InChI=1S/C22H21N7O.3ClH/c1-28-19-12-24-18-6-5-16(14-3-2-4-17-15(14)11-25-27-17)26-20(18)21(19)29(22(28)30)13-7-9-23-10-8-13;;;/h2-6,11-13,23H,7-10H2,1H3,(H,25,27);3*1H. The fraction of sp³-hybridized carbons (Fsp3) is 0.273. The van der Waals surface area contributed by atoms with Gasteiger partial charge in [-0.15, -0.1) is 37.2 Å². The molecule has 5 heterocycles. The van der Waals surface area contributed by atoms with Crippen LogP contribution in [0.3, 0.4) is 0 Å². The number of aryl methyl sites for hydroxylation is 1. The molecule has 33 heavy (non-hydrogen) atoms. The van der Waals surface area contributed by atoms with Gasteiger partial charge in [0.15, 0.2) is 0 Å². The number of nitrogens with zero attached hydrogens (tertiary/aromatic N) is 5. The van der Waals surface area contributed by atoms with Crippen LogP contribution in [0.15, 0.2) is 47.5 Å². The van der Waals surface area contributed by atoms with E-state index in [1.165, 1.54) is 0 Å². The fourth-order valence-corrected chi connectivity index (χ4v) is 4.63. The Bertz CT molecular complexity index is 1480. The smallest absolute Gasteiger partial charge is 0.317 e. The molecule has 1 aromatic carbocycles. The maximum atomic E-state index is 13.2. The number of nitrogens with one attached hydrogen (secondary N) is 2. The van der Waals surface area contributed by atoms with Crippen LogP contribution in [0, 0.1) is 0 Å². The van der Waals surface area contributed by atoms with Crippen molar-refractivity contribution in [3.63, 3.8) is 0 Å². The minimum atomic E-state index is -0.00432. The number of rotatable bonds is 2. The molecule has 174 valence electrons. The number of piperidine rings is 1. The molecule has 0 unspecified atom stereocenters. The molecule has 4 aromatic heterocycles. The number of benzene rings is 1. The number of aromatic amines is 1. The van der Waals surface area contributed by atoms with Gasteiger partial charge in [-0.25, -0.2) is 9.78 Å². The second-order valence-electron chi connectivity index (χ2n) is 7.89.